The molecule has 1 aromatic carbocycles. The van der Waals surface area contributed by atoms with Gasteiger partial charge in [-0.05, 0) is 29.4 Å². The molecule has 18 heavy (non-hydrogen) atoms. The summed E-state index contributed by atoms with van der Waals surface area (Å²) in [5.41, 5.74) is 1.34. The highest BCUT2D eigenvalue weighted by Gasteiger charge is 2.66. The van der Waals surface area contributed by atoms with Crippen molar-refractivity contribution in [1.29, 1.82) is 0 Å². The third kappa shape index (κ3) is 1.83. The Balaban J connectivity index is 1.57. The highest BCUT2D eigenvalue weighted by atomic mass is 16.5. The van der Waals surface area contributed by atoms with Crippen LogP contribution in [0.15, 0.2) is 30.3 Å². The van der Waals surface area contributed by atoms with Gasteiger partial charge in [0.1, 0.15) is 12.6 Å². The molecule has 3 nitrogen and oxygen atoms in total. The van der Waals surface area contributed by atoms with Gasteiger partial charge in [0.25, 0.3) is 0 Å². The number of esters is 1. The summed E-state index contributed by atoms with van der Waals surface area (Å²) in [6.45, 7) is 5.79. The lowest BCUT2D eigenvalue weighted by Crippen LogP contribution is -2.38. The van der Waals surface area contributed by atoms with E-state index in [0.29, 0.717) is 23.9 Å². The van der Waals surface area contributed by atoms with Gasteiger partial charge in [-0.1, -0.05) is 44.2 Å². The van der Waals surface area contributed by atoms with Crippen LogP contribution in [0.2, 0.25) is 0 Å². The predicted molar refractivity (Wildman–Crippen MR) is 68.8 cm³/mol. The van der Waals surface area contributed by atoms with Gasteiger partial charge in [-0.2, -0.15) is 0 Å². The molecule has 0 radical (unpaired) electrons. The number of piperidine rings is 1. The minimum Gasteiger partial charge on any atom is -0.460 e. The summed E-state index contributed by atoms with van der Waals surface area (Å²) >= 11 is 0. The van der Waals surface area contributed by atoms with Crippen LogP contribution >= 0.6 is 0 Å². The average molecular weight is 245 g/mol. The number of fused-ring (bicyclic) bond motifs is 1. The van der Waals surface area contributed by atoms with E-state index in [1.807, 2.05) is 30.3 Å². The first-order valence-electron chi connectivity index (χ1n) is 6.54. The van der Waals surface area contributed by atoms with Gasteiger partial charge in [0.05, 0.1) is 0 Å². The molecule has 1 aromatic rings. The number of benzene rings is 1. The Morgan fingerprint density at radius 2 is 2.11 bits per heavy atom. The molecule has 2 fully saturated rings. The van der Waals surface area contributed by atoms with Crippen LogP contribution in [0.5, 0.6) is 0 Å². The van der Waals surface area contributed by atoms with Crippen molar-refractivity contribution in [2.45, 2.75) is 26.5 Å². The van der Waals surface area contributed by atoms with Gasteiger partial charge >= 0.3 is 5.97 Å². The van der Waals surface area contributed by atoms with Crippen LogP contribution in [0.1, 0.15) is 19.4 Å². The Morgan fingerprint density at radius 1 is 1.39 bits per heavy atom. The second kappa shape index (κ2) is 4.09. The molecule has 0 amide bonds. The lowest BCUT2D eigenvalue weighted by atomic mass is 10.0. The standard InChI is InChI=1S/C15H19NO2/c1-15(2)11-8-16-13(12(11)15)14(17)18-9-10-6-4-3-5-7-10/h3-7,11-13,16H,8-9H2,1-2H3. The maximum Gasteiger partial charge on any atom is 0.323 e. The van der Waals surface area contributed by atoms with E-state index in [0.717, 1.165) is 12.1 Å². The zero-order chi connectivity index (χ0) is 12.8. The molecule has 2 aliphatic rings. The van der Waals surface area contributed by atoms with Crippen LogP contribution in [-0.2, 0) is 16.1 Å². The third-order valence-corrected chi connectivity index (χ3v) is 4.53. The van der Waals surface area contributed by atoms with Crippen LogP contribution < -0.4 is 5.32 Å². The van der Waals surface area contributed by atoms with Gasteiger partial charge in [0.2, 0.25) is 0 Å². The Hall–Kier alpha value is -1.35. The summed E-state index contributed by atoms with van der Waals surface area (Å²) in [5.74, 6) is 1.00. The monoisotopic (exact) mass is 245 g/mol. The zero-order valence-electron chi connectivity index (χ0n) is 10.8. The molecule has 96 valence electrons. The third-order valence-electron chi connectivity index (χ3n) is 4.53. The number of carbonyl (C=O) groups excluding carboxylic acids is 1. The fourth-order valence-electron chi connectivity index (χ4n) is 3.27. The molecular weight excluding hydrogens is 226 g/mol. The second-order valence-electron chi connectivity index (χ2n) is 5.93. The van der Waals surface area contributed by atoms with Crippen LogP contribution in [0.3, 0.4) is 0 Å². The molecule has 1 aliphatic heterocycles. The molecule has 1 N–H and O–H groups in total. The van der Waals surface area contributed by atoms with E-state index < -0.39 is 0 Å². The number of ether oxygens (including phenoxy) is 1. The Morgan fingerprint density at radius 3 is 2.72 bits per heavy atom. The summed E-state index contributed by atoms with van der Waals surface area (Å²) in [6, 6.07) is 9.71. The fourth-order valence-corrected chi connectivity index (χ4v) is 3.27. The van der Waals surface area contributed by atoms with Crippen LogP contribution in [-0.4, -0.2) is 18.6 Å². The van der Waals surface area contributed by atoms with Gasteiger partial charge in [0, 0.05) is 0 Å². The van der Waals surface area contributed by atoms with Crippen molar-refractivity contribution in [2.75, 3.05) is 6.54 Å². The van der Waals surface area contributed by atoms with Crippen molar-refractivity contribution in [2.24, 2.45) is 17.3 Å². The van der Waals surface area contributed by atoms with Crippen molar-refractivity contribution in [3.8, 4) is 0 Å². The fraction of sp³-hybridized carbons (Fsp3) is 0.533. The van der Waals surface area contributed by atoms with Gasteiger partial charge in [-0.3, -0.25) is 4.79 Å². The molecule has 1 heterocycles. The molecule has 3 atom stereocenters. The Bertz CT molecular complexity index is 455. The molecule has 3 heteroatoms. The highest BCUT2D eigenvalue weighted by molar-refractivity contribution is 5.78. The number of rotatable bonds is 3. The maximum atomic E-state index is 12.1. The smallest absolute Gasteiger partial charge is 0.323 e. The summed E-state index contributed by atoms with van der Waals surface area (Å²) in [5, 5.41) is 3.27. The first kappa shape index (κ1) is 11.7. The number of nitrogens with one attached hydrogen (secondary N) is 1. The molecule has 1 saturated heterocycles. The van der Waals surface area contributed by atoms with Crippen molar-refractivity contribution >= 4 is 5.97 Å². The van der Waals surface area contributed by atoms with E-state index in [1.165, 1.54) is 0 Å². The summed E-state index contributed by atoms with van der Waals surface area (Å²) in [7, 11) is 0. The minimum atomic E-state index is -0.103. The summed E-state index contributed by atoms with van der Waals surface area (Å²) < 4.78 is 5.40. The quantitative estimate of drug-likeness (QED) is 0.827. The Kier molecular flexibility index (Phi) is 2.67. The molecule has 0 spiro atoms. The predicted octanol–water partition coefficient (Wildman–Crippen LogP) is 1.97. The molecular formula is C15H19NO2. The normalized spacial score (nSPS) is 31.8. The lowest BCUT2D eigenvalue weighted by molar-refractivity contribution is -0.148. The Labute approximate surface area is 108 Å². The van der Waals surface area contributed by atoms with Crippen molar-refractivity contribution in [1.82, 2.24) is 5.32 Å². The van der Waals surface area contributed by atoms with Gasteiger partial charge in [0.15, 0.2) is 0 Å². The lowest BCUT2D eigenvalue weighted by Gasteiger charge is -2.17. The van der Waals surface area contributed by atoms with Crippen molar-refractivity contribution in [3.63, 3.8) is 0 Å². The average Bonchev–Trinajstić information content (AvgIpc) is 2.78. The number of hydrogen-bond donors (Lipinski definition) is 1. The molecule has 0 bridgehead atoms. The molecule has 0 aromatic heterocycles. The van der Waals surface area contributed by atoms with Crippen molar-refractivity contribution < 1.29 is 9.53 Å². The van der Waals surface area contributed by atoms with Gasteiger partial charge < -0.3 is 10.1 Å². The van der Waals surface area contributed by atoms with Gasteiger partial charge in [-0.25, -0.2) is 0 Å². The highest BCUT2D eigenvalue weighted by Crippen LogP contribution is 2.62. The number of carbonyl (C=O) groups is 1. The molecule has 3 rings (SSSR count). The van der Waals surface area contributed by atoms with Crippen LogP contribution in [0.25, 0.3) is 0 Å². The van der Waals surface area contributed by atoms with E-state index in [9.17, 15) is 4.79 Å². The van der Waals surface area contributed by atoms with E-state index in [4.69, 9.17) is 4.74 Å². The maximum absolute atomic E-state index is 12.1. The van der Waals surface area contributed by atoms with Gasteiger partial charge in [-0.15, -0.1) is 0 Å². The van der Waals surface area contributed by atoms with Crippen molar-refractivity contribution in [3.05, 3.63) is 35.9 Å². The molecule has 1 aliphatic carbocycles. The first-order valence-corrected chi connectivity index (χ1v) is 6.54. The molecule has 1 saturated carbocycles. The van der Waals surface area contributed by atoms with E-state index in [1.54, 1.807) is 0 Å². The minimum absolute atomic E-state index is 0.100. The summed E-state index contributed by atoms with van der Waals surface area (Å²) in [4.78, 5) is 12.1. The van der Waals surface area contributed by atoms with E-state index in [-0.39, 0.29) is 12.0 Å². The van der Waals surface area contributed by atoms with E-state index >= 15 is 0 Å². The van der Waals surface area contributed by atoms with Crippen LogP contribution in [0.4, 0.5) is 0 Å². The van der Waals surface area contributed by atoms with Crippen LogP contribution in [0, 0.1) is 17.3 Å². The zero-order valence-corrected chi connectivity index (χ0v) is 10.8. The second-order valence-corrected chi connectivity index (χ2v) is 5.93. The topological polar surface area (TPSA) is 38.3 Å². The SMILES string of the molecule is CC1(C)C2CNC(C(=O)OCc3ccccc3)C21. The largest absolute Gasteiger partial charge is 0.460 e. The number of hydrogen-bond acceptors (Lipinski definition) is 3. The van der Waals surface area contributed by atoms with E-state index in [2.05, 4.69) is 19.2 Å². The summed E-state index contributed by atoms with van der Waals surface area (Å²) in [6.07, 6.45) is 0. The molecule has 3 unspecified atom stereocenters. The first-order chi connectivity index (χ1) is 8.60.